The van der Waals surface area contributed by atoms with Gasteiger partial charge in [-0.1, -0.05) is 12.1 Å². The molecule has 2 aliphatic rings. The summed E-state index contributed by atoms with van der Waals surface area (Å²) in [7, 11) is 0. The van der Waals surface area contributed by atoms with E-state index in [1.165, 1.54) is 6.20 Å². The van der Waals surface area contributed by atoms with Crippen LogP contribution in [0, 0.1) is 17.2 Å². The minimum atomic E-state index is 0.161. The lowest BCUT2D eigenvalue weighted by molar-refractivity contribution is 0.0398. The molecule has 2 saturated heterocycles. The molecule has 0 spiro atoms. The van der Waals surface area contributed by atoms with Gasteiger partial charge in [-0.3, -0.25) is 4.90 Å². The maximum atomic E-state index is 9.37. The van der Waals surface area contributed by atoms with E-state index in [-0.39, 0.29) is 11.6 Å². The van der Waals surface area contributed by atoms with Crippen molar-refractivity contribution in [2.24, 2.45) is 5.92 Å². The highest BCUT2D eigenvalue weighted by atomic mass is 16.5. The number of nitriles is 1. The van der Waals surface area contributed by atoms with Crippen molar-refractivity contribution in [3.63, 3.8) is 0 Å². The molecule has 1 aromatic carbocycles. The highest BCUT2D eigenvalue weighted by Crippen LogP contribution is 2.26. The second-order valence-electron chi connectivity index (χ2n) is 8.66. The number of ether oxygens (including phenoxy) is 3. The Kier molecular flexibility index (Phi) is 7.48. The van der Waals surface area contributed by atoms with E-state index < -0.39 is 0 Å². The molecule has 3 aromatic rings. The highest BCUT2D eigenvalue weighted by molar-refractivity contribution is 5.94. The number of pyridine rings is 1. The standard InChI is InChI=1S/C25H29N7O3/c26-13-22-25(35-17-18-4-9-34-16-18)31-24(15-28-22)30-23-12-19-2-1-3-21(20(19)14-29-23)27-5-6-32-7-10-33-11-8-32/h1-3,12,14-15,18,27H,4-11,16-17H2,(H,29,30,31). The molecule has 2 aliphatic heterocycles. The molecule has 0 bridgehead atoms. The fourth-order valence-electron chi connectivity index (χ4n) is 4.22. The van der Waals surface area contributed by atoms with Crippen molar-refractivity contribution < 1.29 is 14.2 Å². The lowest BCUT2D eigenvalue weighted by Gasteiger charge is -2.26. The molecule has 35 heavy (non-hydrogen) atoms. The lowest BCUT2D eigenvalue weighted by atomic mass is 10.1. The fraction of sp³-hybridized carbons (Fsp3) is 0.440. The second kappa shape index (κ2) is 11.3. The van der Waals surface area contributed by atoms with Crippen LogP contribution < -0.4 is 15.4 Å². The molecule has 10 nitrogen and oxygen atoms in total. The van der Waals surface area contributed by atoms with Crippen LogP contribution in [0.4, 0.5) is 17.3 Å². The number of hydrogen-bond acceptors (Lipinski definition) is 10. The van der Waals surface area contributed by atoms with Crippen LogP contribution >= 0.6 is 0 Å². The van der Waals surface area contributed by atoms with Gasteiger partial charge in [0.05, 0.1) is 32.6 Å². The van der Waals surface area contributed by atoms with Crippen LogP contribution in [-0.4, -0.2) is 79.1 Å². The van der Waals surface area contributed by atoms with Gasteiger partial charge in [0.1, 0.15) is 11.9 Å². The van der Waals surface area contributed by atoms with E-state index in [0.29, 0.717) is 30.8 Å². The van der Waals surface area contributed by atoms with Gasteiger partial charge >= 0.3 is 0 Å². The number of nitrogens with zero attached hydrogens (tertiary/aromatic N) is 5. The topological polar surface area (TPSA) is 117 Å². The van der Waals surface area contributed by atoms with E-state index in [1.807, 2.05) is 24.4 Å². The number of hydrogen-bond donors (Lipinski definition) is 2. The number of fused-ring (bicyclic) bond motifs is 1. The van der Waals surface area contributed by atoms with E-state index in [9.17, 15) is 5.26 Å². The zero-order valence-electron chi connectivity index (χ0n) is 19.6. The Labute approximate surface area is 204 Å². The molecule has 0 radical (unpaired) electrons. The molecule has 182 valence electrons. The summed E-state index contributed by atoms with van der Waals surface area (Å²) >= 11 is 0. The van der Waals surface area contributed by atoms with Crippen molar-refractivity contribution in [3.8, 4) is 11.9 Å². The molecule has 4 heterocycles. The maximum absolute atomic E-state index is 9.37. The molecule has 2 N–H and O–H groups in total. The van der Waals surface area contributed by atoms with Crippen LogP contribution in [-0.2, 0) is 9.47 Å². The fourth-order valence-corrected chi connectivity index (χ4v) is 4.22. The van der Waals surface area contributed by atoms with Crippen LogP contribution in [0.3, 0.4) is 0 Å². The van der Waals surface area contributed by atoms with Crippen LogP contribution in [0.1, 0.15) is 12.1 Å². The first-order chi connectivity index (χ1) is 17.3. The Morgan fingerprint density at radius 2 is 2.03 bits per heavy atom. The molecule has 0 amide bonds. The zero-order chi connectivity index (χ0) is 23.9. The van der Waals surface area contributed by atoms with Crippen molar-refractivity contribution in [1.29, 1.82) is 5.26 Å². The molecule has 10 heteroatoms. The Balaban J connectivity index is 1.25. The van der Waals surface area contributed by atoms with E-state index in [1.54, 1.807) is 0 Å². The van der Waals surface area contributed by atoms with Crippen LogP contribution in [0.15, 0.2) is 36.7 Å². The monoisotopic (exact) mass is 475 g/mol. The smallest absolute Gasteiger partial charge is 0.253 e. The third kappa shape index (κ3) is 5.95. The molecular formula is C25H29N7O3. The predicted molar refractivity (Wildman–Crippen MR) is 132 cm³/mol. The van der Waals surface area contributed by atoms with E-state index in [2.05, 4.69) is 42.6 Å². The average molecular weight is 476 g/mol. The normalized spacial score (nSPS) is 18.3. The van der Waals surface area contributed by atoms with Crippen molar-refractivity contribution in [2.75, 3.05) is 69.8 Å². The summed E-state index contributed by atoms with van der Waals surface area (Å²) in [6, 6.07) is 10.2. The van der Waals surface area contributed by atoms with Gasteiger partial charge in [0, 0.05) is 56.0 Å². The summed E-state index contributed by atoms with van der Waals surface area (Å²) in [5, 5.41) is 18.2. The van der Waals surface area contributed by atoms with Crippen molar-refractivity contribution in [2.45, 2.75) is 6.42 Å². The van der Waals surface area contributed by atoms with Gasteiger partial charge in [-0.2, -0.15) is 10.2 Å². The van der Waals surface area contributed by atoms with E-state index >= 15 is 0 Å². The van der Waals surface area contributed by atoms with Gasteiger partial charge in [0.15, 0.2) is 5.82 Å². The van der Waals surface area contributed by atoms with E-state index in [0.717, 1.165) is 68.9 Å². The van der Waals surface area contributed by atoms with Gasteiger partial charge in [0.25, 0.3) is 5.88 Å². The summed E-state index contributed by atoms with van der Waals surface area (Å²) in [6.07, 6.45) is 4.31. The van der Waals surface area contributed by atoms with Gasteiger partial charge < -0.3 is 24.8 Å². The molecule has 2 fully saturated rings. The molecule has 5 rings (SSSR count). The first kappa shape index (κ1) is 23.2. The zero-order valence-corrected chi connectivity index (χ0v) is 19.6. The minimum Gasteiger partial charge on any atom is -0.475 e. The van der Waals surface area contributed by atoms with Crippen LogP contribution in [0.5, 0.6) is 5.88 Å². The van der Waals surface area contributed by atoms with Gasteiger partial charge in [-0.05, 0) is 23.9 Å². The molecule has 0 saturated carbocycles. The summed E-state index contributed by atoms with van der Waals surface area (Å²) < 4.78 is 16.6. The van der Waals surface area contributed by atoms with Crippen LogP contribution in [0.25, 0.3) is 10.8 Å². The van der Waals surface area contributed by atoms with Gasteiger partial charge in [0.2, 0.25) is 5.69 Å². The number of benzene rings is 1. The number of nitrogens with one attached hydrogen (secondary N) is 2. The van der Waals surface area contributed by atoms with Crippen molar-refractivity contribution in [3.05, 3.63) is 42.4 Å². The Bertz CT molecular complexity index is 1190. The quantitative estimate of drug-likeness (QED) is 0.478. The first-order valence-corrected chi connectivity index (χ1v) is 12.0. The van der Waals surface area contributed by atoms with Crippen LogP contribution in [0.2, 0.25) is 0 Å². The molecule has 1 atom stereocenters. The molecule has 2 aromatic heterocycles. The van der Waals surface area contributed by atoms with E-state index in [4.69, 9.17) is 14.2 Å². The predicted octanol–water partition coefficient (Wildman–Crippen LogP) is 2.80. The maximum Gasteiger partial charge on any atom is 0.253 e. The number of anilines is 3. The summed E-state index contributed by atoms with van der Waals surface area (Å²) in [6.45, 7) is 7.26. The summed E-state index contributed by atoms with van der Waals surface area (Å²) in [4.78, 5) is 15.6. The largest absolute Gasteiger partial charge is 0.475 e. The summed E-state index contributed by atoms with van der Waals surface area (Å²) in [5.41, 5.74) is 1.22. The average Bonchev–Trinajstić information content (AvgIpc) is 3.42. The first-order valence-electron chi connectivity index (χ1n) is 12.0. The van der Waals surface area contributed by atoms with Crippen molar-refractivity contribution in [1.82, 2.24) is 19.9 Å². The number of aromatic nitrogens is 3. The Morgan fingerprint density at radius 1 is 1.11 bits per heavy atom. The Morgan fingerprint density at radius 3 is 2.86 bits per heavy atom. The second-order valence-corrected chi connectivity index (χ2v) is 8.66. The van der Waals surface area contributed by atoms with Crippen molar-refractivity contribution >= 4 is 28.1 Å². The number of morpholine rings is 1. The number of rotatable bonds is 9. The lowest BCUT2D eigenvalue weighted by Crippen LogP contribution is -2.39. The third-order valence-corrected chi connectivity index (χ3v) is 6.19. The summed E-state index contributed by atoms with van der Waals surface area (Å²) in [5.74, 6) is 1.63. The molecular weight excluding hydrogens is 446 g/mol. The molecule has 0 aliphatic carbocycles. The Hall–Kier alpha value is -3.52. The SMILES string of the molecule is N#Cc1ncc(Nc2cc3cccc(NCCN4CCOCC4)c3cn2)nc1OCC1CCOC1. The highest BCUT2D eigenvalue weighted by Gasteiger charge is 2.18. The third-order valence-electron chi connectivity index (χ3n) is 6.19. The van der Waals surface area contributed by atoms with Gasteiger partial charge in [-0.15, -0.1) is 0 Å². The molecule has 1 unspecified atom stereocenters. The minimum absolute atomic E-state index is 0.161. The van der Waals surface area contributed by atoms with Gasteiger partial charge in [-0.25, -0.2) is 9.97 Å².